The molecule has 0 saturated carbocycles. The molecule has 0 fully saturated rings. The van der Waals surface area contributed by atoms with Gasteiger partial charge in [-0.3, -0.25) is 9.78 Å². The first-order valence-electron chi connectivity index (χ1n) is 3.27. The number of rotatable bonds is 2. The lowest BCUT2D eigenvalue weighted by atomic mass is 10.2. The van der Waals surface area contributed by atoms with Gasteiger partial charge in [0.25, 0.3) is 0 Å². The standard InChI is InChI=1S/C8H8BrNO/c1-6(11)8(9)7-4-2-3-5-10-7/h2-5,8H,1H3. The molecule has 2 nitrogen and oxygen atoms in total. The van der Waals surface area contributed by atoms with E-state index in [9.17, 15) is 4.79 Å². The van der Waals surface area contributed by atoms with E-state index in [4.69, 9.17) is 0 Å². The Balaban J connectivity index is 2.85. The summed E-state index contributed by atoms with van der Waals surface area (Å²) in [5.41, 5.74) is 0.764. The van der Waals surface area contributed by atoms with E-state index in [1.807, 2.05) is 18.2 Å². The van der Waals surface area contributed by atoms with E-state index in [-0.39, 0.29) is 10.6 Å². The Kier molecular flexibility index (Phi) is 2.76. The molecule has 0 aromatic carbocycles. The fourth-order valence-electron chi connectivity index (χ4n) is 0.734. The van der Waals surface area contributed by atoms with Gasteiger partial charge in [0.05, 0.1) is 5.69 Å². The van der Waals surface area contributed by atoms with Crippen molar-refractivity contribution in [3.63, 3.8) is 0 Å². The summed E-state index contributed by atoms with van der Waals surface area (Å²) >= 11 is 3.24. The maximum Gasteiger partial charge on any atom is 0.149 e. The first-order valence-corrected chi connectivity index (χ1v) is 4.19. The topological polar surface area (TPSA) is 30.0 Å². The summed E-state index contributed by atoms with van der Waals surface area (Å²) in [4.78, 5) is 14.6. The van der Waals surface area contributed by atoms with Gasteiger partial charge in [0.15, 0.2) is 0 Å². The van der Waals surface area contributed by atoms with Crippen molar-refractivity contribution in [3.05, 3.63) is 30.1 Å². The van der Waals surface area contributed by atoms with Crippen LogP contribution >= 0.6 is 15.9 Å². The predicted octanol–water partition coefficient (Wildman–Crippen LogP) is 2.11. The van der Waals surface area contributed by atoms with Crippen LogP contribution in [-0.4, -0.2) is 10.8 Å². The molecule has 1 aromatic heterocycles. The van der Waals surface area contributed by atoms with Crippen LogP contribution in [0, 0.1) is 0 Å². The molecule has 0 spiro atoms. The van der Waals surface area contributed by atoms with Crippen molar-refractivity contribution < 1.29 is 4.79 Å². The third-order valence-electron chi connectivity index (χ3n) is 1.30. The van der Waals surface area contributed by atoms with E-state index in [1.165, 1.54) is 6.92 Å². The third-order valence-corrected chi connectivity index (χ3v) is 2.42. The second kappa shape index (κ2) is 3.62. The number of pyridine rings is 1. The molecule has 0 aliphatic rings. The molecule has 1 rings (SSSR count). The average molecular weight is 214 g/mol. The Labute approximate surface area is 73.8 Å². The van der Waals surface area contributed by atoms with Gasteiger partial charge in [0, 0.05) is 6.20 Å². The van der Waals surface area contributed by atoms with Gasteiger partial charge in [-0.15, -0.1) is 0 Å². The SMILES string of the molecule is CC(=O)C(Br)c1ccccn1. The summed E-state index contributed by atoms with van der Waals surface area (Å²) < 4.78 is 0. The first-order chi connectivity index (χ1) is 5.22. The van der Waals surface area contributed by atoms with E-state index in [0.29, 0.717) is 0 Å². The molecule has 58 valence electrons. The van der Waals surface area contributed by atoms with Crippen LogP contribution in [0.5, 0.6) is 0 Å². The fraction of sp³-hybridized carbons (Fsp3) is 0.250. The zero-order chi connectivity index (χ0) is 8.27. The zero-order valence-corrected chi connectivity index (χ0v) is 7.71. The molecule has 11 heavy (non-hydrogen) atoms. The molecule has 0 N–H and O–H groups in total. The molecule has 0 aliphatic carbocycles. The molecule has 0 saturated heterocycles. The maximum atomic E-state index is 10.9. The highest BCUT2D eigenvalue weighted by molar-refractivity contribution is 9.09. The number of hydrogen-bond donors (Lipinski definition) is 0. The maximum absolute atomic E-state index is 10.9. The zero-order valence-electron chi connectivity index (χ0n) is 6.12. The van der Waals surface area contributed by atoms with Crippen molar-refractivity contribution in [2.45, 2.75) is 11.8 Å². The van der Waals surface area contributed by atoms with Crippen molar-refractivity contribution in [2.75, 3.05) is 0 Å². The number of nitrogens with zero attached hydrogens (tertiary/aromatic N) is 1. The normalized spacial score (nSPS) is 12.5. The minimum absolute atomic E-state index is 0.0729. The van der Waals surface area contributed by atoms with Crippen molar-refractivity contribution >= 4 is 21.7 Å². The third kappa shape index (κ3) is 2.12. The van der Waals surface area contributed by atoms with E-state index < -0.39 is 0 Å². The summed E-state index contributed by atoms with van der Waals surface area (Å²) in [7, 11) is 0. The summed E-state index contributed by atoms with van der Waals surface area (Å²) in [6.07, 6.45) is 1.67. The van der Waals surface area contributed by atoms with Gasteiger partial charge in [0.2, 0.25) is 0 Å². The van der Waals surface area contributed by atoms with E-state index in [2.05, 4.69) is 20.9 Å². The lowest BCUT2D eigenvalue weighted by molar-refractivity contribution is -0.116. The van der Waals surface area contributed by atoms with Gasteiger partial charge >= 0.3 is 0 Å². The minimum Gasteiger partial charge on any atom is -0.298 e. The largest absolute Gasteiger partial charge is 0.298 e. The lowest BCUT2D eigenvalue weighted by Crippen LogP contribution is -2.02. The number of carbonyl (C=O) groups is 1. The quantitative estimate of drug-likeness (QED) is 0.705. The molecule has 1 atom stereocenters. The molecule has 0 amide bonds. The predicted molar refractivity (Wildman–Crippen MR) is 46.6 cm³/mol. The number of aromatic nitrogens is 1. The molecule has 1 heterocycles. The van der Waals surface area contributed by atoms with E-state index in [0.717, 1.165) is 5.69 Å². The van der Waals surface area contributed by atoms with Crippen molar-refractivity contribution in [1.82, 2.24) is 4.98 Å². The van der Waals surface area contributed by atoms with Crippen LogP contribution in [-0.2, 0) is 4.79 Å². The highest BCUT2D eigenvalue weighted by Gasteiger charge is 2.12. The summed E-state index contributed by atoms with van der Waals surface area (Å²) in [6.45, 7) is 1.54. The second-order valence-corrected chi connectivity index (χ2v) is 3.14. The minimum atomic E-state index is -0.260. The van der Waals surface area contributed by atoms with Crippen LogP contribution in [0.1, 0.15) is 17.4 Å². The van der Waals surface area contributed by atoms with Crippen LogP contribution in [0.2, 0.25) is 0 Å². The molecule has 0 bridgehead atoms. The van der Waals surface area contributed by atoms with Crippen molar-refractivity contribution in [3.8, 4) is 0 Å². The lowest BCUT2D eigenvalue weighted by Gasteiger charge is -2.02. The highest BCUT2D eigenvalue weighted by atomic mass is 79.9. The Morgan fingerprint density at radius 3 is 2.82 bits per heavy atom. The van der Waals surface area contributed by atoms with Gasteiger partial charge in [-0.2, -0.15) is 0 Å². The van der Waals surface area contributed by atoms with Gasteiger partial charge in [-0.1, -0.05) is 22.0 Å². The number of halogens is 1. The Hall–Kier alpha value is -0.700. The van der Waals surface area contributed by atoms with Crippen molar-refractivity contribution in [1.29, 1.82) is 0 Å². The molecule has 0 aliphatic heterocycles. The Morgan fingerprint density at radius 1 is 1.64 bits per heavy atom. The number of ketones is 1. The fourth-order valence-corrected chi connectivity index (χ4v) is 1.00. The monoisotopic (exact) mass is 213 g/mol. The summed E-state index contributed by atoms with van der Waals surface area (Å²) in [6, 6.07) is 5.50. The number of carbonyl (C=O) groups excluding carboxylic acids is 1. The average Bonchev–Trinajstić information content (AvgIpc) is 2.05. The molecule has 3 heteroatoms. The molecule has 1 unspecified atom stereocenters. The molecule has 1 aromatic rings. The first kappa shape index (κ1) is 8.40. The van der Waals surface area contributed by atoms with E-state index in [1.54, 1.807) is 6.20 Å². The second-order valence-electron chi connectivity index (χ2n) is 2.23. The summed E-state index contributed by atoms with van der Waals surface area (Å²) in [5, 5.41) is 0. The number of Topliss-reactive ketones (excluding diaryl/α,β-unsaturated/α-hetero) is 1. The smallest absolute Gasteiger partial charge is 0.149 e. The summed E-state index contributed by atoms with van der Waals surface area (Å²) in [5.74, 6) is 0.0729. The molecular weight excluding hydrogens is 206 g/mol. The Bertz CT molecular complexity index is 248. The highest BCUT2D eigenvalue weighted by Crippen LogP contribution is 2.20. The van der Waals surface area contributed by atoms with Crippen LogP contribution in [0.25, 0.3) is 0 Å². The number of hydrogen-bond acceptors (Lipinski definition) is 2. The Morgan fingerprint density at radius 2 is 2.36 bits per heavy atom. The molecular formula is C8H8BrNO. The number of alkyl halides is 1. The van der Waals surface area contributed by atoms with Crippen LogP contribution in [0.3, 0.4) is 0 Å². The van der Waals surface area contributed by atoms with Crippen LogP contribution < -0.4 is 0 Å². The molecule has 0 radical (unpaired) electrons. The van der Waals surface area contributed by atoms with Gasteiger partial charge in [-0.05, 0) is 19.1 Å². The van der Waals surface area contributed by atoms with Gasteiger partial charge in [-0.25, -0.2) is 0 Å². The van der Waals surface area contributed by atoms with E-state index >= 15 is 0 Å². The van der Waals surface area contributed by atoms with Crippen molar-refractivity contribution in [2.24, 2.45) is 0 Å². The van der Waals surface area contributed by atoms with Gasteiger partial charge in [0.1, 0.15) is 10.6 Å². The van der Waals surface area contributed by atoms with Gasteiger partial charge < -0.3 is 0 Å². The van der Waals surface area contributed by atoms with Crippen LogP contribution in [0.15, 0.2) is 24.4 Å². The van der Waals surface area contributed by atoms with Crippen LogP contribution in [0.4, 0.5) is 0 Å².